The summed E-state index contributed by atoms with van der Waals surface area (Å²) >= 11 is 5.79. The molecule has 17 heavy (non-hydrogen) atoms. The third kappa shape index (κ3) is 3.68. The molecule has 0 saturated heterocycles. The Morgan fingerprint density at radius 2 is 2.24 bits per heavy atom. The van der Waals surface area contributed by atoms with E-state index in [4.69, 9.17) is 21.6 Å². The van der Waals surface area contributed by atoms with E-state index in [1.165, 1.54) is 25.3 Å². The van der Waals surface area contributed by atoms with Gasteiger partial charge in [0, 0.05) is 13.7 Å². The van der Waals surface area contributed by atoms with Crippen molar-refractivity contribution in [3.63, 3.8) is 0 Å². The monoisotopic (exact) mass is 274 g/mol. The molecular weight excluding hydrogens is 264 g/mol. The van der Waals surface area contributed by atoms with Gasteiger partial charge in [0.25, 0.3) is 0 Å². The van der Waals surface area contributed by atoms with E-state index in [0.29, 0.717) is 0 Å². The van der Waals surface area contributed by atoms with Gasteiger partial charge in [0.2, 0.25) is 10.0 Å². The highest BCUT2D eigenvalue weighted by Crippen LogP contribution is 2.22. The Labute approximate surface area is 105 Å². The fourth-order valence-electron chi connectivity index (χ4n) is 1.13. The van der Waals surface area contributed by atoms with Gasteiger partial charge in [0.05, 0.1) is 23.3 Å². The van der Waals surface area contributed by atoms with E-state index in [9.17, 15) is 8.42 Å². The van der Waals surface area contributed by atoms with Crippen LogP contribution < -0.4 is 4.72 Å². The molecule has 1 aromatic carbocycles. The third-order valence-corrected chi connectivity index (χ3v) is 3.89. The minimum absolute atomic E-state index is 0.0777. The quantitative estimate of drug-likeness (QED) is 0.817. The number of nitriles is 1. The highest BCUT2D eigenvalue weighted by Gasteiger charge is 2.17. The standard InChI is InChI=1S/C10H11ClN2O3S/c1-16-5-4-13-17(14,15)10-6-8(7-12)2-3-9(10)11/h2-3,6,13H,4-5H2,1H3. The van der Waals surface area contributed by atoms with Crippen LogP contribution in [0.3, 0.4) is 0 Å². The number of sulfonamides is 1. The number of ether oxygens (including phenoxy) is 1. The van der Waals surface area contributed by atoms with Crippen LogP contribution in [0, 0.1) is 11.3 Å². The molecule has 0 fully saturated rings. The fourth-order valence-corrected chi connectivity index (χ4v) is 2.67. The average Bonchev–Trinajstić information content (AvgIpc) is 2.29. The zero-order valence-electron chi connectivity index (χ0n) is 9.10. The number of rotatable bonds is 5. The van der Waals surface area contributed by atoms with Gasteiger partial charge in [-0.15, -0.1) is 0 Å². The molecule has 0 saturated carbocycles. The number of methoxy groups -OCH3 is 1. The van der Waals surface area contributed by atoms with Crippen molar-refractivity contribution in [1.29, 1.82) is 5.26 Å². The first-order chi connectivity index (χ1) is 8.01. The van der Waals surface area contributed by atoms with Crippen molar-refractivity contribution in [2.45, 2.75) is 4.90 Å². The SMILES string of the molecule is COCCNS(=O)(=O)c1cc(C#N)ccc1Cl. The first-order valence-corrected chi connectivity index (χ1v) is 6.55. The van der Waals surface area contributed by atoms with E-state index in [1.807, 2.05) is 6.07 Å². The van der Waals surface area contributed by atoms with Gasteiger partial charge in [-0.2, -0.15) is 5.26 Å². The Balaban J connectivity index is 3.02. The number of halogens is 1. The maximum Gasteiger partial charge on any atom is 0.242 e. The normalized spacial score (nSPS) is 11.1. The first-order valence-electron chi connectivity index (χ1n) is 4.69. The summed E-state index contributed by atoms with van der Waals surface area (Å²) in [4.78, 5) is -0.102. The zero-order chi connectivity index (χ0) is 12.9. The van der Waals surface area contributed by atoms with E-state index < -0.39 is 10.0 Å². The second-order valence-corrected chi connectivity index (χ2v) is 5.29. The molecule has 0 aromatic heterocycles. The van der Waals surface area contributed by atoms with Crippen LogP contribution in [0.2, 0.25) is 5.02 Å². The van der Waals surface area contributed by atoms with Crippen LogP contribution in [0.5, 0.6) is 0 Å². The van der Waals surface area contributed by atoms with E-state index in [2.05, 4.69) is 4.72 Å². The van der Waals surface area contributed by atoms with Crippen molar-refractivity contribution in [3.8, 4) is 6.07 Å². The minimum atomic E-state index is -3.71. The maximum absolute atomic E-state index is 11.8. The van der Waals surface area contributed by atoms with Gasteiger partial charge in [-0.05, 0) is 18.2 Å². The third-order valence-electron chi connectivity index (χ3n) is 1.95. The van der Waals surface area contributed by atoms with Crippen molar-refractivity contribution in [2.75, 3.05) is 20.3 Å². The number of nitrogens with one attached hydrogen (secondary N) is 1. The lowest BCUT2D eigenvalue weighted by atomic mass is 10.2. The molecule has 7 heteroatoms. The summed E-state index contributed by atoms with van der Waals surface area (Å²) in [5, 5.41) is 8.78. The number of hydrogen-bond acceptors (Lipinski definition) is 4. The van der Waals surface area contributed by atoms with Gasteiger partial charge in [-0.3, -0.25) is 0 Å². The maximum atomic E-state index is 11.8. The Morgan fingerprint density at radius 1 is 1.53 bits per heavy atom. The van der Waals surface area contributed by atoms with Crippen molar-refractivity contribution >= 4 is 21.6 Å². The lowest BCUT2D eigenvalue weighted by Crippen LogP contribution is -2.27. The van der Waals surface area contributed by atoms with Crippen LogP contribution >= 0.6 is 11.6 Å². The van der Waals surface area contributed by atoms with Crippen LogP contribution in [-0.4, -0.2) is 28.7 Å². The van der Waals surface area contributed by atoms with E-state index in [1.54, 1.807) is 0 Å². The van der Waals surface area contributed by atoms with Crippen molar-refractivity contribution in [2.24, 2.45) is 0 Å². The van der Waals surface area contributed by atoms with Gasteiger partial charge in [-0.25, -0.2) is 13.1 Å². The van der Waals surface area contributed by atoms with Crippen LogP contribution in [0.15, 0.2) is 23.1 Å². The summed E-state index contributed by atoms with van der Waals surface area (Å²) in [6.07, 6.45) is 0. The van der Waals surface area contributed by atoms with Gasteiger partial charge in [-0.1, -0.05) is 11.6 Å². The second-order valence-electron chi connectivity index (χ2n) is 3.15. The summed E-state index contributed by atoms with van der Waals surface area (Å²) < 4.78 is 30.7. The molecule has 0 aliphatic carbocycles. The van der Waals surface area contributed by atoms with Crippen molar-refractivity contribution in [1.82, 2.24) is 4.72 Å². The predicted molar refractivity (Wildman–Crippen MR) is 63.2 cm³/mol. The van der Waals surface area contributed by atoms with E-state index in [-0.39, 0.29) is 28.6 Å². The molecule has 0 radical (unpaired) electrons. The van der Waals surface area contributed by atoms with Gasteiger partial charge < -0.3 is 4.74 Å². The molecule has 1 aromatic rings. The molecule has 0 heterocycles. The molecule has 1 N–H and O–H groups in total. The second kappa shape index (κ2) is 5.98. The molecule has 1 rings (SSSR count). The van der Waals surface area contributed by atoms with E-state index in [0.717, 1.165) is 0 Å². The smallest absolute Gasteiger partial charge is 0.242 e. The molecule has 0 amide bonds. The van der Waals surface area contributed by atoms with Gasteiger partial charge in [0.15, 0.2) is 0 Å². The van der Waals surface area contributed by atoms with Crippen molar-refractivity contribution in [3.05, 3.63) is 28.8 Å². The lowest BCUT2D eigenvalue weighted by Gasteiger charge is -2.08. The van der Waals surface area contributed by atoms with Crippen LogP contribution in [-0.2, 0) is 14.8 Å². The molecule has 0 aliphatic rings. The summed E-state index contributed by atoms with van der Waals surface area (Å²) in [7, 11) is -2.24. The summed E-state index contributed by atoms with van der Waals surface area (Å²) in [5.74, 6) is 0. The molecular formula is C10H11ClN2O3S. The van der Waals surface area contributed by atoms with Crippen LogP contribution in [0.1, 0.15) is 5.56 Å². The molecule has 5 nitrogen and oxygen atoms in total. The largest absolute Gasteiger partial charge is 0.383 e. The number of hydrogen-bond donors (Lipinski definition) is 1. The van der Waals surface area contributed by atoms with Crippen LogP contribution in [0.25, 0.3) is 0 Å². The minimum Gasteiger partial charge on any atom is -0.383 e. The average molecular weight is 275 g/mol. The zero-order valence-corrected chi connectivity index (χ0v) is 10.7. The molecule has 0 spiro atoms. The summed E-state index contributed by atoms with van der Waals surface area (Å²) in [5.41, 5.74) is 0.238. The molecule has 0 aliphatic heterocycles. The van der Waals surface area contributed by atoms with Gasteiger partial charge in [0.1, 0.15) is 4.90 Å². The predicted octanol–water partition coefficient (Wildman–Crippen LogP) is 1.14. The Kier molecular flexibility index (Phi) is 4.90. The molecule has 0 unspecified atom stereocenters. The summed E-state index contributed by atoms with van der Waals surface area (Å²) in [6.45, 7) is 0.404. The van der Waals surface area contributed by atoms with Gasteiger partial charge >= 0.3 is 0 Å². The molecule has 0 atom stereocenters. The highest BCUT2D eigenvalue weighted by atomic mass is 35.5. The summed E-state index contributed by atoms with van der Waals surface area (Å²) in [6, 6.07) is 5.93. The Bertz CT molecular complexity index is 537. The Hall–Kier alpha value is -1.13. The Morgan fingerprint density at radius 3 is 2.82 bits per heavy atom. The number of benzene rings is 1. The lowest BCUT2D eigenvalue weighted by molar-refractivity contribution is 0.204. The number of nitrogens with zero attached hydrogens (tertiary/aromatic N) is 1. The highest BCUT2D eigenvalue weighted by molar-refractivity contribution is 7.89. The van der Waals surface area contributed by atoms with Crippen molar-refractivity contribution < 1.29 is 13.2 Å². The fraction of sp³-hybridized carbons (Fsp3) is 0.300. The first kappa shape index (κ1) is 13.9. The van der Waals surface area contributed by atoms with E-state index >= 15 is 0 Å². The molecule has 0 bridgehead atoms. The molecule has 92 valence electrons. The topological polar surface area (TPSA) is 79.2 Å². The van der Waals surface area contributed by atoms with Crippen LogP contribution in [0.4, 0.5) is 0 Å².